The molecule has 1 fully saturated rings. The van der Waals surface area contributed by atoms with Crippen molar-refractivity contribution in [2.24, 2.45) is 16.6 Å². The zero-order valence-electron chi connectivity index (χ0n) is 8.45. The Morgan fingerprint density at radius 1 is 1.57 bits per heavy atom. The molecule has 0 bridgehead atoms. The number of nitrogens with zero attached hydrogens (tertiary/aromatic N) is 1. The van der Waals surface area contributed by atoms with E-state index in [-0.39, 0.29) is 10.7 Å². The fourth-order valence-corrected chi connectivity index (χ4v) is 3.81. The molecule has 0 aromatic carbocycles. The van der Waals surface area contributed by atoms with E-state index in [1.165, 1.54) is 19.3 Å². The lowest BCUT2D eigenvalue weighted by Crippen LogP contribution is -2.42. The molecule has 0 radical (unpaired) electrons. The first kappa shape index (κ1) is 10.0. The lowest BCUT2D eigenvalue weighted by Gasteiger charge is -2.42. The summed E-state index contributed by atoms with van der Waals surface area (Å²) in [6, 6.07) is 0. The van der Waals surface area contributed by atoms with Crippen molar-refractivity contribution in [2.45, 2.75) is 43.8 Å². The van der Waals surface area contributed by atoms with Gasteiger partial charge in [-0.1, -0.05) is 31.5 Å². The molecular formula is C10H16N2OS. The summed E-state index contributed by atoms with van der Waals surface area (Å²) in [5.74, 6) is 0.550. The van der Waals surface area contributed by atoms with Crippen LogP contribution in [0, 0.1) is 5.92 Å². The maximum Gasteiger partial charge on any atom is 0.249 e. The molecule has 1 amide bonds. The Hall–Kier alpha value is -0.510. The van der Waals surface area contributed by atoms with E-state index in [4.69, 9.17) is 5.73 Å². The van der Waals surface area contributed by atoms with Crippen molar-refractivity contribution >= 4 is 22.8 Å². The Labute approximate surface area is 88.5 Å². The highest BCUT2D eigenvalue weighted by Crippen LogP contribution is 2.48. The average Bonchev–Trinajstić information content (AvgIpc) is 2.08. The van der Waals surface area contributed by atoms with E-state index in [0.29, 0.717) is 17.5 Å². The van der Waals surface area contributed by atoms with Crippen molar-refractivity contribution in [3.05, 3.63) is 0 Å². The summed E-state index contributed by atoms with van der Waals surface area (Å²) in [7, 11) is 0. The normalized spacial score (nSPS) is 38.5. The first-order chi connectivity index (χ1) is 6.62. The molecule has 2 aliphatic rings. The molecule has 2 rings (SSSR count). The van der Waals surface area contributed by atoms with Gasteiger partial charge in [-0.25, -0.2) is 0 Å². The number of aliphatic imine (C=N–C) groups is 1. The summed E-state index contributed by atoms with van der Waals surface area (Å²) in [6.45, 7) is 2.23. The van der Waals surface area contributed by atoms with Gasteiger partial charge in [0, 0.05) is 11.2 Å². The minimum atomic E-state index is -0.0324. The van der Waals surface area contributed by atoms with Gasteiger partial charge in [-0.2, -0.15) is 4.99 Å². The quantitative estimate of drug-likeness (QED) is 0.667. The number of hydrogen-bond donors (Lipinski definition) is 1. The molecule has 3 nitrogen and oxygen atoms in total. The van der Waals surface area contributed by atoms with Crippen molar-refractivity contribution in [2.75, 3.05) is 0 Å². The largest absolute Gasteiger partial charge is 0.378 e. The standard InChI is InChI=1S/C10H16N2OS/c1-7-4-2-3-5-10(7)6-8(13)12-9(11)14-10/h7H,2-6H2,1H3,(H2,11,12,13). The number of amidine groups is 1. The topological polar surface area (TPSA) is 55.5 Å². The Bertz CT molecular complexity index is 290. The van der Waals surface area contributed by atoms with Gasteiger partial charge in [-0.05, 0) is 18.8 Å². The van der Waals surface area contributed by atoms with Gasteiger partial charge in [0.15, 0.2) is 5.17 Å². The second-order valence-corrected chi connectivity index (χ2v) is 5.77. The van der Waals surface area contributed by atoms with E-state index >= 15 is 0 Å². The second-order valence-electron chi connectivity index (χ2n) is 4.33. The molecule has 4 heteroatoms. The number of carbonyl (C=O) groups excluding carboxylic acids is 1. The monoisotopic (exact) mass is 212 g/mol. The van der Waals surface area contributed by atoms with Crippen molar-refractivity contribution in [3.63, 3.8) is 0 Å². The molecular weight excluding hydrogens is 196 g/mol. The summed E-state index contributed by atoms with van der Waals surface area (Å²) in [4.78, 5) is 15.2. The van der Waals surface area contributed by atoms with Crippen LogP contribution in [-0.2, 0) is 4.79 Å². The van der Waals surface area contributed by atoms with Crippen LogP contribution in [0.25, 0.3) is 0 Å². The van der Waals surface area contributed by atoms with Gasteiger partial charge < -0.3 is 5.73 Å². The molecule has 1 spiro atoms. The fourth-order valence-electron chi connectivity index (χ4n) is 2.48. The van der Waals surface area contributed by atoms with Crippen molar-refractivity contribution in [1.29, 1.82) is 0 Å². The third-order valence-electron chi connectivity index (χ3n) is 3.38. The Balaban J connectivity index is 2.23. The predicted molar refractivity (Wildman–Crippen MR) is 59.2 cm³/mol. The highest BCUT2D eigenvalue weighted by Gasteiger charge is 2.43. The Morgan fingerprint density at radius 3 is 3.00 bits per heavy atom. The maximum atomic E-state index is 11.4. The fraction of sp³-hybridized carbons (Fsp3) is 0.800. The number of nitrogens with two attached hydrogens (primary N) is 1. The highest BCUT2D eigenvalue weighted by molar-refractivity contribution is 8.15. The van der Waals surface area contributed by atoms with E-state index in [1.807, 2.05) is 0 Å². The number of thioether (sulfide) groups is 1. The smallest absolute Gasteiger partial charge is 0.249 e. The van der Waals surface area contributed by atoms with Gasteiger partial charge in [0.1, 0.15) is 0 Å². The molecule has 1 aliphatic heterocycles. The SMILES string of the molecule is CC1CCCCC12CC(=O)N=C(N)S2. The summed E-state index contributed by atoms with van der Waals surface area (Å²) in [5.41, 5.74) is 5.69. The van der Waals surface area contributed by atoms with Gasteiger partial charge in [-0.3, -0.25) is 4.79 Å². The van der Waals surface area contributed by atoms with Crippen molar-refractivity contribution in [1.82, 2.24) is 0 Å². The van der Waals surface area contributed by atoms with Crippen molar-refractivity contribution < 1.29 is 4.79 Å². The summed E-state index contributed by atoms with van der Waals surface area (Å²) >= 11 is 1.63. The van der Waals surface area contributed by atoms with Crippen LogP contribution in [0.5, 0.6) is 0 Å². The van der Waals surface area contributed by atoms with Crippen LogP contribution in [0.3, 0.4) is 0 Å². The Morgan fingerprint density at radius 2 is 2.36 bits per heavy atom. The van der Waals surface area contributed by atoms with Gasteiger partial charge in [0.2, 0.25) is 5.91 Å². The summed E-state index contributed by atoms with van der Waals surface area (Å²) in [6.07, 6.45) is 5.42. The summed E-state index contributed by atoms with van der Waals surface area (Å²) < 4.78 is 0.0706. The molecule has 78 valence electrons. The van der Waals surface area contributed by atoms with E-state index in [0.717, 1.165) is 6.42 Å². The second kappa shape index (κ2) is 3.57. The zero-order chi connectivity index (χ0) is 10.2. The molecule has 14 heavy (non-hydrogen) atoms. The first-order valence-corrected chi connectivity index (χ1v) is 6.00. The Kier molecular flexibility index (Phi) is 2.56. The molecule has 2 atom stereocenters. The molecule has 0 saturated heterocycles. The molecule has 2 N–H and O–H groups in total. The van der Waals surface area contributed by atoms with Crippen LogP contribution < -0.4 is 5.73 Å². The van der Waals surface area contributed by atoms with Gasteiger partial charge >= 0.3 is 0 Å². The van der Waals surface area contributed by atoms with Gasteiger partial charge in [0.05, 0.1) is 0 Å². The number of hydrogen-bond acceptors (Lipinski definition) is 3. The lowest BCUT2D eigenvalue weighted by molar-refractivity contribution is -0.118. The van der Waals surface area contributed by atoms with Crippen LogP contribution >= 0.6 is 11.8 Å². The van der Waals surface area contributed by atoms with E-state index in [2.05, 4.69) is 11.9 Å². The molecule has 2 unspecified atom stereocenters. The highest BCUT2D eigenvalue weighted by atomic mass is 32.2. The molecule has 1 aliphatic carbocycles. The molecule has 0 aromatic heterocycles. The summed E-state index contributed by atoms with van der Waals surface area (Å²) in [5, 5.41) is 0.468. The number of carbonyl (C=O) groups is 1. The van der Waals surface area contributed by atoms with Gasteiger partial charge in [0.25, 0.3) is 0 Å². The third-order valence-corrected chi connectivity index (χ3v) is 4.84. The van der Waals surface area contributed by atoms with Crippen LogP contribution in [0.1, 0.15) is 39.0 Å². The lowest BCUT2D eigenvalue weighted by atomic mass is 9.77. The van der Waals surface area contributed by atoms with Gasteiger partial charge in [-0.15, -0.1) is 0 Å². The van der Waals surface area contributed by atoms with Crippen LogP contribution in [-0.4, -0.2) is 15.8 Å². The maximum absolute atomic E-state index is 11.4. The van der Waals surface area contributed by atoms with Crippen LogP contribution in [0.2, 0.25) is 0 Å². The molecule has 0 aromatic rings. The minimum Gasteiger partial charge on any atom is -0.378 e. The van der Waals surface area contributed by atoms with E-state index in [1.54, 1.807) is 11.8 Å². The average molecular weight is 212 g/mol. The number of rotatable bonds is 0. The molecule has 1 heterocycles. The first-order valence-electron chi connectivity index (χ1n) is 5.18. The minimum absolute atomic E-state index is 0.0324. The third kappa shape index (κ3) is 1.67. The number of amides is 1. The molecule has 1 saturated carbocycles. The predicted octanol–water partition coefficient (Wildman–Crippen LogP) is 1.91. The van der Waals surface area contributed by atoms with Crippen molar-refractivity contribution in [3.8, 4) is 0 Å². The van der Waals surface area contributed by atoms with E-state index in [9.17, 15) is 4.79 Å². The van der Waals surface area contributed by atoms with Crippen LogP contribution in [0.15, 0.2) is 4.99 Å². The van der Waals surface area contributed by atoms with Crippen LogP contribution in [0.4, 0.5) is 0 Å². The zero-order valence-corrected chi connectivity index (χ0v) is 9.27. The van der Waals surface area contributed by atoms with E-state index < -0.39 is 0 Å².